The van der Waals surface area contributed by atoms with E-state index in [2.05, 4.69) is 71.9 Å². The van der Waals surface area contributed by atoms with Gasteiger partial charge in [0.2, 0.25) is 0 Å². The fourth-order valence-electron chi connectivity index (χ4n) is 6.03. The maximum atomic E-state index is 11.3. The van der Waals surface area contributed by atoms with Gasteiger partial charge in [-0.05, 0) is 78.0 Å². The van der Waals surface area contributed by atoms with Gasteiger partial charge < -0.3 is 27.5 Å². The van der Waals surface area contributed by atoms with Crippen LogP contribution in [0, 0.1) is 0 Å². The van der Waals surface area contributed by atoms with Gasteiger partial charge in [0.05, 0.1) is 0 Å². The average molecular weight is 777 g/mol. The van der Waals surface area contributed by atoms with Crippen molar-refractivity contribution in [2.75, 3.05) is 0 Å². The summed E-state index contributed by atoms with van der Waals surface area (Å²) in [7, 11) is -5.58. The zero-order valence-corrected chi connectivity index (χ0v) is 34.2. The summed E-state index contributed by atoms with van der Waals surface area (Å²) in [5, 5.41) is 2.92. The molecule has 278 valence electrons. The van der Waals surface area contributed by atoms with Crippen LogP contribution in [-0.4, -0.2) is 4.89 Å². The van der Waals surface area contributed by atoms with Crippen LogP contribution in [-0.2, 0) is 0 Å². The van der Waals surface area contributed by atoms with Gasteiger partial charge in [-0.2, -0.15) is 0 Å². The van der Waals surface area contributed by atoms with Gasteiger partial charge in [-0.3, -0.25) is 0 Å². The average Bonchev–Trinajstić information content (AvgIpc) is 3.17. The number of hydrogen-bond acceptors (Lipinski definition) is 6. The number of hydrogen-bond donors (Lipinski definition) is 1. The quantitative estimate of drug-likeness (QED) is 0.0988. The lowest BCUT2D eigenvalue weighted by Gasteiger charge is -2.26. The summed E-state index contributed by atoms with van der Waals surface area (Å²) in [5.41, 5.74) is 3.14. The molecule has 0 aliphatic carbocycles. The Bertz CT molecular complexity index is 2050. The maximum absolute atomic E-state index is 11.3. The Morgan fingerprint density at radius 3 is 1.13 bits per heavy atom. The summed E-state index contributed by atoms with van der Waals surface area (Å²) in [6.45, 7) is 12.8. The third kappa shape index (κ3) is 9.81. The van der Waals surface area contributed by atoms with Gasteiger partial charge in [-0.1, -0.05) is 163 Å². The van der Waals surface area contributed by atoms with E-state index in [0.29, 0.717) is 17.2 Å². The number of para-hydroxylation sites is 5. The minimum Gasteiger partial charge on any atom is -0.418 e. The lowest BCUT2D eigenvalue weighted by atomic mass is 10.0. The van der Waals surface area contributed by atoms with E-state index in [1.54, 1.807) is 0 Å². The summed E-state index contributed by atoms with van der Waals surface area (Å²) in [5.74, 6) is 3.89. The summed E-state index contributed by atoms with van der Waals surface area (Å²) in [6, 6.07) is 50.0. The lowest BCUT2D eigenvalue weighted by molar-refractivity contribution is 0.380. The first-order chi connectivity index (χ1) is 26.2. The monoisotopic (exact) mass is 776 g/mol. The normalized spacial score (nSPS) is 12.5. The highest BCUT2D eigenvalue weighted by Crippen LogP contribution is 2.49. The molecule has 0 radical (unpaired) electrons. The highest BCUT2D eigenvalue weighted by atomic mass is 31.2. The fraction of sp³-hybridized carbons (Fsp3) is 0.200. The first-order valence-electron chi connectivity index (χ1n) is 18.2. The Morgan fingerprint density at radius 1 is 0.370 bits per heavy atom. The van der Waals surface area contributed by atoms with Gasteiger partial charge in [-0.25, -0.2) is 0 Å². The first-order valence-corrected chi connectivity index (χ1v) is 21.7. The number of benzene rings is 6. The second-order valence-corrected chi connectivity index (χ2v) is 17.6. The van der Waals surface area contributed by atoms with E-state index in [1.807, 2.05) is 121 Å². The van der Waals surface area contributed by atoms with Crippen LogP contribution in [0.1, 0.15) is 76.0 Å². The van der Waals surface area contributed by atoms with Crippen molar-refractivity contribution in [2.24, 2.45) is 0 Å². The molecule has 0 bridgehead atoms. The molecule has 1 N–H and O–H groups in total. The van der Waals surface area contributed by atoms with E-state index < -0.39 is 25.1 Å². The third-order valence-electron chi connectivity index (χ3n) is 8.72. The molecule has 0 saturated carbocycles. The smallest absolute Gasteiger partial charge is 0.418 e. The van der Waals surface area contributed by atoms with Crippen LogP contribution in [0.15, 0.2) is 152 Å². The molecule has 0 aliphatic heterocycles. The molecule has 6 aromatic carbocycles. The molecule has 6 aromatic rings. The molecule has 0 spiro atoms. The molecular weight excluding hydrogens is 729 g/mol. The SMILES string of the molecule is CC(C)c1ccccc1OP(O)Oc1ccccc1P(c1ccccc1)c1ccccc1OP(Oc1ccccc1C(C)C)Oc1ccccc1C(C)C. The van der Waals surface area contributed by atoms with Crippen molar-refractivity contribution >= 4 is 41.0 Å². The molecule has 6 nitrogen and oxygen atoms in total. The van der Waals surface area contributed by atoms with E-state index in [9.17, 15) is 4.89 Å². The van der Waals surface area contributed by atoms with Crippen LogP contribution >= 0.6 is 25.1 Å². The zero-order valence-electron chi connectivity index (χ0n) is 31.5. The summed E-state index contributed by atoms with van der Waals surface area (Å²) in [6.07, 6.45) is 0. The lowest BCUT2D eigenvalue weighted by Crippen LogP contribution is -2.23. The standard InChI is InChI=1S/C45H47O6P3/c1-32(2)36-22-10-13-25-39(36)47-53(46)48-42-28-16-18-30-44(42)52(35-20-8-7-9-21-35)45-31-19-17-29-43(45)51-54(49-40-26-14-11-23-37(40)33(3)4)50-41-27-15-12-24-38(41)34(5)6/h7-34,46H,1-6H3. The van der Waals surface area contributed by atoms with Gasteiger partial charge in [0.25, 0.3) is 0 Å². The molecular formula is C45H47O6P3. The molecule has 54 heavy (non-hydrogen) atoms. The van der Waals surface area contributed by atoms with Crippen LogP contribution in [0.2, 0.25) is 0 Å². The Labute approximate surface area is 323 Å². The zero-order chi connectivity index (χ0) is 38.0. The van der Waals surface area contributed by atoms with Crippen molar-refractivity contribution in [2.45, 2.75) is 59.3 Å². The van der Waals surface area contributed by atoms with Crippen molar-refractivity contribution in [1.29, 1.82) is 0 Å². The Morgan fingerprint density at radius 2 is 0.685 bits per heavy atom. The molecule has 0 aromatic heterocycles. The predicted octanol–water partition coefficient (Wildman–Crippen LogP) is 12.3. The van der Waals surface area contributed by atoms with Gasteiger partial charge in [0, 0.05) is 10.6 Å². The highest BCUT2D eigenvalue weighted by Gasteiger charge is 2.30. The third-order valence-corrected chi connectivity index (χ3v) is 13.0. The van der Waals surface area contributed by atoms with Crippen molar-refractivity contribution < 1.29 is 27.5 Å². The second-order valence-electron chi connectivity index (χ2n) is 13.6. The fourth-order valence-corrected chi connectivity index (χ4v) is 10.4. The molecule has 0 heterocycles. The first kappa shape index (κ1) is 39.3. The highest BCUT2D eigenvalue weighted by molar-refractivity contribution is 7.80. The Balaban J connectivity index is 1.40. The molecule has 2 unspecified atom stereocenters. The van der Waals surface area contributed by atoms with Crippen LogP contribution < -0.4 is 38.5 Å². The van der Waals surface area contributed by atoms with Gasteiger partial charge >= 0.3 is 17.2 Å². The summed E-state index contributed by atoms with van der Waals surface area (Å²) >= 11 is 0. The van der Waals surface area contributed by atoms with E-state index in [4.69, 9.17) is 22.6 Å². The largest absolute Gasteiger partial charge is 0.530 e. The molecule has 0 amide bonds. The van der Waals surface area contributed by atoms with Crippen LogP contribution in [0.25, 0.3) is 0 Å². The van der Waals surface area contributed by atoms with Crippen LogP contribution in [0.4, 0.5) is 0 Å². The second kappa shape index (κ2) is 18.7. The summed E-state index contributed by atoms with van der Waals surface area (Å²) < 4.78 is 32.7. The Hall–Kier alpha value is -4.43. The molecule has 0 fully saturated rings. The van der Waals surface area contributed by atoms with E-state index >= 15 is 0 Å². The Kier molecular flexibility index (Phi) is 13.6. The van der Waals surface area contributed by atoms with Gasteiger partial charge in [-0.15, -0.1) is 0 Å². The molecule has 6 rings (SSSR count). The topological polar surface area (TPSA) is 66.4 Å². The van der Waals surface area contributed by atoms with E-state index in [1.165, 1.54) is 0 Å². The van der Waals surface area contributed by atoms with E-state index in [0.717, 1.165) is 44.1 Å². The minimum absolute atomic E-state index is 0.218. The van der Waals surface area contributed by atoms with Crippen molar-refractivity contribution in [3.63, 3.8) is 0 Å². The predicted molar refractivity (Wildman–Crippen MR) is 226 cm³/mol. The number of rotatable bonds is 16. The van der Waals surface area contributed by atoms with Crippen molar-refractivity contribution in [3.8, 4) is 28.7 Å². The van der Waals surface area contributed by atoms with Crippen LogP contribution in [0.3, 0.4) is 0 Å². The van der Waals surface area contributed by atoms with Crippen molar-refractivity contribution in [1.82, 2.24) is 0 Å². The molecule has 0 aliphatic rings. The van der Waals surface area contributed by atoms with Crippen molar-refractivity contribution in [3.05, 3.63) is 168 Å². The maximum Gasteiger partial charge on any atom is 0.530 e. The van der Waals surface area contributed by atoms with Crippen LogP contribution in [0.5, 0.6) is 28.7 Å². The molecule has 9 heteroatoms. The molecule has 0 saturated heterocycles. The van der Waals surface area contributed by atoms with Gasteiger partial charge in [0.1, 0.15) is 28.7 Å². The van der Waals surface area contributed by atoms with E-state index in [-0.39, 0.29) is 17.8 Å². The minimum atomic E-state index is -2.31. The summed E-state index contributed by atoms with van der Waals surface area (Å²) in [4.78, 5) is 11.3. The molecule has 2 atom stereocenters. The van der Waals surface area contributed by atoms with Gasteiger partial charge in [0.15, 0.2) is 0 Å².